The topological polar surface area (TPSA) is 49.5 Å². The molecule has 0 saturated heterocycles. The zero-order valence-electron chi connectivity index (χ0n) is 7.40. The molecule has 0 radical (unpaired) electrons. The minimum atomic E-state index is -0.296. The Hall–Kier alpha value is -0.870. The van der Waals surface area contributed by atoms with E-state index in [0.29, 0.717) is 6.54 Å². The highest BCUT2D eigenvalue weighted by atomic mass is 16.5. The van der Waals surface area contributed by atoms with Crippen molar-refractivity contribution in [3.8, 4) is 0 Å². The summed E-state index contributed by atoms with van der Waals surface area (Å²) < 4.78 is 4.68. The van der Waals surface area contributed by atoms with Gasteiger partial charge in [-0.05, 0) is 14.0 Å². The van der Waals surface area contributed by atoms with Gasteiger partial charge in [-0.2, -0.15) is 0 Å². The Balaban J connectivity index is 2.32. The van der Waals surface area contributed by atoms with Gasteiger partial charge in [0, 0.05) is 18.7 Å². The molecule has 0 amide bonds. The van der Waals surface area contributed by atoms with Gasteiger partial charge in [-0.25, -0.2) is 0 Å². The highest BCUT2D eigenvalue weighted by Crippen LogP contribution is 2.01. The van der Waals surface area contributed by atoms with Gasteiger partial charge in [0.2, 0.25) is 0 Å². The summed E-state index contributed by atoms with van der Waals surface area (Å²) in [5, 5.41) is 12.7. The fraction of sp³-hybridized carbons (Fsp3) is 0.625. The Kier molecular flexibility index (Phi) is 3.25. The van der Waals surface area contributed by atoms with E-state index in [1.165, 1.54) is 0 Å². The average Bonchev–Trinajstić information content (AvgIpc) is 2.37. The molecule has 1 aromatic rings. The van der Waals surface area contributed by atoms with Gasteiger partial charge in [0.25, 0.3) is 0 Å². The lowest BCUT2D eigenvalue weighted by Crippen LogP contribution is -2.26. The van der Waals surface area contributed by atoms with E-state index in [4.69, 9.17) is 5.11 Å². The average molecular weight is 170 g/mol. The van der Waals surface area contributed by atoms with Crippen LogP contribution in [0.3, 0.4) is 0 Å². The molecule has 0 aliphatic heterocycles. The molecule has 4 heteroatoms. The second kappa shape index (κ2) is 4.23. The lowest BCUT2D eigenvalue weighted by Gasteiger charge is -2.16. The van der Waals surface area contributed by atoms with Crippen LogP contribution in [0.15, 0.2) is 17.0 Å². The maximum Gasteiger partial charge on any atom is 0.128 e. The van der Waals surface area contributed by atoms with Crippen molar-refractivity contribution in [2.24, 2.45) is 0 Å². The summed E-state index contributed by atoms with van der Waals surface area (Å²) >= 11 is 0. The normalized spacial score (nSPS) is 13.7. The molecule has 0 aromatic carbocycles. The fourth-order valence-electron chi connectivity index (χ4n) is 1.13. The van der Waals surface area contributed by atoms with Gasteiger partial charge >= 0.3 is 0 Å². The Morgan fingerprint density at radius 2 is 2.50 bits per heavy atom. The smallest absolute Gasteiger partial charge is 0.128 e. The molecule has 12 heavy (non-hydrogen) atoms. The van der Waals surface area contributed by atoms with Crippen LogP contribution in [0, 0.1) is 0 Å². The molecule has 1 atom stereocenters. The maximum atomic E-state index is 9.07. The number of hydrogen-bond donors (Lipinski definition) is 1. The predicted octanol–water partition coefficient (Wildman–Crippen LogP) is 0.487. The van der Waals surface area contributed by atoms with Crippen molar-refractivity contribution in [2.45, 2.75) is 19.6 Å². The first-order chi connectivity index (χ1) is 5.68. The van der Waals surface area contributed by atoms with Crippen LogP contribution in [0.4, 0.5) is 0 Å². The van der Waals surface area contributed by atoms with Gasteiger partial charge in [0.1, 0.15) is 6.26 Å². The quantitative estimate of drug-likeness (QED) is 0.714. The molecule has 0 aliphatic carbocycles. The van der Waals surface area contributed by atoms with Gasteiger partial charge < -0.3 is 9.63 Å². The number of aliphatic hydroxyl groups is 1. The molecule has 1 unspecified atom stereocenters. The summed E-state index contributed by atoms with van der Waals surface area (Å²) in [5.74, 6) is 0. The summed E-state index contributed by atoms with van der Waals surface area (Å²) in [5.41, 5.74) is 1.03. The molecular weight excluding hydrogens is 156 g/mol. The lowest BCUT2D eigenvalue weighted by atomic mass is 10.3. The first kappa shape index (κ1) is 9.22. The van der Waals surface area contributed by atoms with Crippen molar-refractivity contribution in [2.75, 3.05) is 13.6 Å². The molecule has 1 heterocycles. The Morgan fingerprint density at radius 1 is 1.75 bits per heavy atom. The maximum absolute atomic E-state index is 9.07. The number of aliphatic hydroxyl groups excluding tert-OH is 1. The van der Waals surface area contributed by atoms with Crippen LogP contribution >= 0.6 is 0 Å². The van der Waals surface area contributed by atoms with E-state index in [2.05, 4.69) is 9.68 Å². The van der Waals surface area contributed by atoms with Gasteiger partial charge in [-0.1, -0.05) is 5.16 Å². The van der Waals surface area contributed by atoms with Gasteiger partial charge in [-0.15, -0.1) is 0 Å². The second-order valence-electron chi connectivity index (χ2n) is 3.08. The van der Waals surface area contributed by atoms with E-state index < -0.39 is 0 Å². The number of aromatic nitrogens is 1. The standard InChI is InChI=1S/C8H14N2O2/c1-7(11)4-10(2)5-8-3-9-12-6-8/h3,6-7,11H,4-5H2,1-2H3. The molecule has 68 valence electrons. The lowest BCUT2D eigenvalue weighted by molar-refractivity contribution is 0.138. The second-order valence-corrected chi connectivity index (χ2v) is 3.08. The largest absolute Gasteiger partial charge is 0.392 e. The number of nitrogens with zero attached hydrogens (tertiary/aromatic N) is 2. The van der Waals surface area contributed by atoms with Gasteiger partial charge in [0.05, 0.1) is 12.3 Å². The van der Waals surface area contributed by atoms with Crippen molar-refractivity contribution < 1.29 is 9.63 Å². The third-order valence-electron chi connectivity index (χ3n) is 1.51. The zero-order valence-corrected chi connectivity index (χ0v) is 7.40. The number of likely N-dealkylation sites (N-methyl/N-ethyl adjacent to an activating group) is 1. The molecule has 0 spiro atoms. The van der Waals surface area contributed by atoms with Crippen LogP contribution < -0.4 is 0 Å². The predicted molar refractivity (Wildman–Crippen MR) is 44.5 cm³/mol. The summed E-state index contributed by atoms with van der Waals surface area (Å²) in [6, 6.07) is 0. The van der Waals surface area contributed by atoms with Crippen LogP contribution in [0.25, 0.3) is 0 Å². The van der Waals surface area contributed by atoms with Crippen LogP contribution in [0.5, 0.6) is 0 Å². The minimum Gasteiger partial charge on any atom is -0.392 e. The molecule has 1 aromatic heterocycles. The van der Waals surface area contributed by atoms with Gasteiger partial charge in [0.15, 0.2) is 0 Å². The highest BCUT2D eigenvalue weighted by molar-refractivity contribution is 4.99. The molecule has 0 bridgehead atoms. The Bertz CT molecular complexity index is 209. The van der Waals surface area contributed by atoms with Crippen LogP contribution in [-0.4, -0.2) is 34.9 Å². The van der Waals surface area contributed by atoms with E-state index >= 15 is 0 Å². The summed E-state index contributed by atoms with van der Waals surface area (Å²) in [6.45, 7) is 3.18. The fourth-order valence-corrected chi connectivity index (χ4v) is 1.13. The summed E-state index contributed by atoms with van der Waals surface area (Å²) in [7, 11) is 1.94. The Labute approximate surface area is 71.8 Å². The van der Waals surface area contributed by atoms with Crippen LogP contribution in [0.2, 0.25) is 0 Å². The third-order valence-corrected chi connectivity index (χ3v) is 1.51. The number of hydrogen-bond acceptors (Lipinski definition) is 4. The molecule has 1 N–H and O–H groups in total. The Morgan fingerprint density at radius 3 is 3.00 bits per heavy atom. The first-order valence-corrected chi connectivity index (χ1v) is 3.93. The highest BCUT2D eigenvalue weighted by Gasteiger charge is 2.04. The van der Waals surface area contributed by atoms with Crippen molar-refractivity contribution in [1.82, 2.24) is 10.1 Å². The first-order valence-electron chi connectivity index (χ1n) is 3.93. The van der Waals surface area contributed by atoms with Crippen molar-refractivity contribution >= 4 is 0 Å². The van der Waals surface area contributed by atoms with E-state index in [1.54, 1.807) is 19.4 Å². The zero-order chi connectivity index (χ0) is 8.97. The molecule has 0 saturated carbocycles. The molecule has 0 fully saturated rings. The summed E-state index contributed by atoms with van der Waals surface area (Å²) in [6.07, 6.45) is 2.99. The van der Waals surface area contributed by atoms with Gasteiger partial charge in [-0.3, -0.25) is 4.90 Å². The monoisotopic (exact) mass is 170 g/mol. The van der Waals surface area contributed by atoms with E-state index in [0.717, 1.165) is 12.1 Å². The minimum absolute atomic E-state index is 0.296. The third kappa shape index (κ3) is 3.02. The van der Waals surface area contributed by atoms with Crippen LogP contribution in [0.1, 0.15) is 12.5 Å². The molecule has 0 aliphatic rings. The van der Waals surface area contributed by atoms with Crippen molar-refractivity contribution in [3.63, 3.8) is 0 Å². The number of rotatable bonds is 4. The van der Waals surface area contributed by atoms with Crippen molar-refractivity contribution in [1.29, 1.82) is 0 Å². The van der Waals surface area contributed by atoms with Crippen LogP contribution in [-0.2, 0) is 6.54 Å². The van der Waals surface area contributed by atoms with E-state index in [1.807, 2.05) is 11.9 Å². The van der Waals surface area contributed by atoms with E-state index in [9.17, 15) is 0 Å². The molecular formula is C8H14N2O2. The SMILES string of the molecule is CC(O)CN(C)Cc1cnoc1. The molecule has 4 nitrogen and oxygen atoms in total. The van der Waals surface area contributed by atoms with E-state index in [-0.39, 0.29) is 6.10 Å². The summed E-state index contributed by atoms with van der Waals surface area (Å²) in [4.78, 5) is 2.01. The molecule has 1 rings (SSSR count). The van der Waals surface area contributed by atoms with Crippen molar-refractivity contribution in [3.05, 3.63) is 18.0 Å².